The van der Waals surface area contributed by atoms with E-state index in [0.717, 1.165) is 58.3 Å². The van der Waals surface area contributed by atoms with Crippen LogP contribution in [0, 0.1) is 0 Å². The van der Waals surface area contributed by atoms with E-state index < -0.39 is 0 Å². The number of hydrogen-bond donors (Lipinski definition) is 0. The highest BCUT2D eigenvalue weighted by Gasteiger charge is 2.20. The summed E-state index contributed by atoms with van der Waals surface area (Å²) in [6.07, 6.45) is 7.70. The molecular weight excluding hydrogens is 378 g/mol. The first-order chi connectivity index (χ1) is 13.2. The lowest BCUT2D eigenvalue weighted by molar-refractivity contribution is 0.569. The summed E-state index contributed by atoms with van der Waals surface area (Å²) in [5.74, 6) is 0.758. The molecule has 0 bridgehead atoms. The van der Waals surface area contributed by atoms with E-state index in [0.29, 0.717) is 6.54 Å². The Morgan fingerprint density at radius 3 is 2.70 bits per heavy atom. The van der Waals surface area contributed by atoms with Crippen LogP contribution in [-0.2, 0) is 25.1 Å². The highest BCUT2D eigenvalue weighted by molar-refractivity contribution is 7.98. The second-order valence-corrected chi connectivity index (χ2v) is 8.09. The van der Waals surface area contributed by atoms with Crippen molar-refractivity contribution in [1.29, 1.82) is 0 Å². The second-order valence-electron chi connectivity index (χ2n) is 6.69. The third-order valence-corrected chi connectivity index (χ3v) is 6.13. The molecule has 0 saturated carbocycles. The van der Waals surface area contributed by atoms with E-state index in [1.807, 2.05) is 34.9 Å². The number of halogens is 1. The van der Waals surface area contributed by atoms with Gasteiger partial charge in [-0.05, 0) is 61.1 Å². The van der Waals surface area contributed by atoms with Gasteiger partial charge in [0.05, 0.1) is 6.54 Å². The number of thioether (sulfide) groups is 1. The molecule has 0 amide bonds. The van der Waals surface area contributed by atoms with Gasteiger partial charge in [0.2, 0.25) is 0 Å². The van der Waals surface area contributed by atoms with Gasteiger partial charge in [-0.15, -0.1) is 11.8 Å². The third-order valence-electron chi connectivity index (χ3n) is 4.81. The summed E-state index contributed by atoms with van der Waals surface area (Å²) in [6, 6.07) is 11.7. The lowest BCUT2D eigenvalue weighted by Crippen LogP contribution is -2.30. The third kappa shape index (κ3) is 4.25. The van der Waals surface area contributed by atoms with Gasteiger partial charge in [0.25, 0.3) is 0 Å². The van der Waals surface area contributed by atoms with Gasteiger partial charge in [-0.1, -0.05) is 23.7 Å². The van der Waals surface area contributed by atoms with Crippen molar-refractivity contribution >= 4 is 23.4 Å². The average molecular weight is 398 g/mol. The van der Waals surface area contributed by atoms with Crippen molar-refractivity contribution in [3.05, 3.63) is 86.7 Å². The first-order valence-corrected chi connectivity index (χ1v) is 10.5. The predicted molar refractivity (Wildman–Crippen MR) is 109 cm³/mol. The van der Waals surface area contributed by atoms with Gasteiger partial charge < -0.3 is 0 Å². The van der Waals surface area contributed by atoms with E-state index in [4.69, 9.17) is 11.6 Å². The molecule has 0 radical (unpaired) electrons. The first kappa shape index (κ1) is 18.3. The molecule has 6 heteroatoms. The Morgan fingerprint density at radius 1 is 1.07 bits per heavy atom. The minimum absolute atomic E-state index is 0.166. The maximum atomic E-state index is 12.8. The summed E-state index contributed by atoms with van der Waals surface area (Å²) < 4.78 is 1.84. The highest BCUT2D eigenvalue weighted by atomic mass is 35.5. The molecule has 2 aromatic heterocycles. The van der Waals surface area contributed by atoms with Crippen LogP contribution in [-0.4, -0.2) is 14.5 Å². The number of benzene rings is 1. The molecular formula is C21H20ClN3OS. The molecule has 0 spiro atoms. The smallest absolute Gasteiger partial charge is 0.292 e. The number of hydrogen-bond acceptors (Lipinski definition) is 4. The molecule has 4 rings (SSSR count). The first-order valence-electron chi connectivity index (χ1n) is 9.09. The number of aromatic nitrogens is 3. The largest absolute Gasteiger partial charge is 0.349 e. The van der Waals surface area contributed by atoms with Gasteiger partial charge in [0.15, 0.2) is 0 Å². The van der Waals surface area contributed by atoms with Crippen molar-refractivity contribution in [2.24, 2.45) is 0 Å². The van der Waals surface area contributed by atoms with Crippen LogP contribution in [0.3, 0.4) is 0 Å². The van der Waals surface area contributed by atoms with E-state index in [9.17, 15) is 4.79 Å². The quantitative estimate of drug-likeness (QED) is 0.469. The van der Waals surface area contributed by atoms with Crippen LogP contribution >= 0.6 is 23.4 Å². The minimum Gasteiger partial charge on any atom is -0.292 e. The molecule has 0 unspecified atom stereocenters. The Bertz CT molecular complexity index is 1000. The Morgan fingerprint density at radius 2 is 1.89 bits per heavy atom. The maximum absolute atomic E-state index is 12.8. The van der Waals surface area contributed by atoms with Gasteiger partial charge in [-0.3, -0.25) is 9.55 Å². The molecule has 1 aliphatic carbocycles. The SMILES string of the molecule is O=c1nc(SCc2cccc(Cl)c2)c2c(n1Cc1ccncc1)CCCC2. The van der Waals surface area contributed by atoms with Gasteiger partial charge in [0, 0.05) is 34.4 Å². The normalized spacial score (nSPS) is 13.4. The monoisotopic (exact) mass is 397 g/mol. The van der Waals surface area contributed by atoms with Crippen molar-refractivity contribution in [3.63, 3.8) is 0 Å². The molecule has 4 nitrogen and oxygen atoms in total. The number of fused-ring (bicyclic) bond motifs is 1. The highest BCUT2D eigenvalue weighted by Crippen LogP contribution is 2.31. The Labute approximate surface area is 167 Å². The van der Waals surface area contributed by atoms with Crippen LogP contribution in [0.1, 0.15) is 35.2 Å². The van der Waals surface area contributed by atoms with Crippen LogP contribution in [0.4, 0.5) is 0 Å². The standard InChI is InChI=1S/C21H20ClN3OS/c22-17-5-3-4-16(12-17)14-27-20-18-6-1-2-7-19(18)25(21(26)24-20)13-15-8-10-23-11-9-15/h3-5,8-12H,1-2,6-7,13-14H2. The Balaban J connectivity index is 1.65. The average Bonchev–Trinajstić information content (AvgIpc) is 2.70. The van der Waals surface area contributed by atoms with E-state index in [2.05, 4.69) is 16.0 Å². The molecule has 1 aliphatic rings. The summed E-state index contributed by atoms with van der Waals surface area (Å²) in [5.41, 5.74) is 4.43. The van der Waals surface area contributed by atoms with Crippen LogP contribution in [0.25, 0.3) is 0 Å². The summed E-state index contributed by atoms with van der Waals surface area (Å²) in [4.78, 5) is 21.3. The molecule has 27 heavy (non-hydrogen) atoms. The molecule has 0 aliphatic heterocycles. The van der Waals surface area contributed by atoms with Crippen molar-refractivity contribution < 1.29 is 0 Å². The fraction of sp³-hybridized carbons (Fsp3) is 0.286. The molecule has 0 saturated heterocycles. The zero-order valence-corrected chi connectivity index (χ0v) is 16.5. The Hall–Kier alpha value is -2.11. The van der Waals surface area contributed by atoms with Crippen LogP contribution < -0.4 is 5.69 Å². The predicted octanol–water partition coefficient (Wildman–Crippen LogP) is 4.51. The molecule has 3 aromatic rings. The summed E-state index contributed by atoms with van der Waals surface area (Å²) in [7, 11) is 0. The zero-order chi connectivity index (χ0) is 18.6. The van der Waals surface area contributed by atoms with Gasteiger partial charge >= 0.3 is 5.69 Å². The van der Waals surface area contributed by atoms with Gasteiger partial charge in [0.1, 0.15) is 5.03 Å². The van der Waals surface area contributed by atoms with Crippen molar-refractivity contribution in [2.45, 2.75) is 43.0 Å². The minimum atomic E-state index is -0.166. The number of rotatable bonds is 5. The van der Waals surface area contributed by atoms with Crippen LogP contribution in [0.2, 0.25) is 5.02 Å². The van der Waals surface area contributed by atoms with E-state index in [1.165, 1.54) is 5.56 Å². The zero-order valence-electron chi connectivity index (χ0n) is 14.9. The summed E-state index contributed by atoms with van der Waals surface area (Å²) in [6.45, 7) is 0.552. The lowest BCUT2D eigenvalue weighted by Gasteiger charge is -2.22. The fourth-order valence-corrected chi connectivity index (χ4v) is 4.71. The summed E-state index contributed by atoms with van der Waals surface area (Å²) in [5, 5.41) is 1.61. The van der Waals surface area contributed by atoms with E-state index >= 15 is 0 Å². The molecule has 1 aromatic carbocycles. The van der Waals surface area contributed by atoms with E-state index in [1.54, 1.807) is 24.2 Å². The van der Waals surface area contributed by atoms with Crippen LogP contribution in [0.15, 0.2) is 58.6 Å². The molecule has 0 fully saturated rings. The second kappa shape index (κ2) is 8.28. The van der Waals surface area contributed by atoms with Crippen molar-refractivity contribution in [1.82, 2.24) is 14.5 Å². The Kier molecular flexibility index (Phi) is 5.60. The van der Waals surface area contributed by atoms with Gasteiger partial charge in [-0.2, -0.15) is 4.98 Å². The summed E-state index contributed by atoms with van der Waals surface area (Å²) >= 11 is 7.72. The van der Waals surface area contributed by atoms with Crippen molar-refractivity contribution in [2.75, 3.05) is 0 Å². The molecule has 0 N–H and O–H groups in total. The van der Waals surface area contributed by atoms with E-state index in [-0.39, 0.29) is 5.69 Å². The molecule has 2 heterocycles. The van der Waals surface area contributed by atoms with Crippen LogP contribution in [0.5, 0.6) is 0 Å². The topological polar surface area (TPSA) is 47.8 Å². The molecule has 138 valence electrons. The molecule has 0 atom stereocenters. The van der Waals surface area contributed by atoms with Gasteiger partial charge in [-0.25, -0.2) is 4.79 Å². The number of pyridine rings is 1. The fourth-order valence-electron chi connectivity index (χ4n) is 3.48. The van der Waals surface area contributed by atoms with Crippen molar-refractivity contribution in [3.8, 4) is 0 Å². The lowest BCUT2D eigenvalue weighted by atomic mass is 9.97. The maximum Gasteiger partial charge on any atom is 0.349 e. The number of nitrogens with zero attached hydrogens (tertiary/aromatic N) is 3.